The number of ether oxygens (including phenoxy) is 1. The monoisotopic (exact) mass is 304 g/mol. The van der Waals surface area contributed by atoms with E-state index in [0.717, 1.165) is 37.4 Å². The molecular formula is C16H21FN4O. The van der Waals surface area contributed by atoms with E-state index in [1.807, 2.05) is 16.8 Å². The SMILES string of the molecule is CCn1nnc2c1[C@@H](COC)CN(Cc1ccc(F)cc1)C2. The number of aromatic nitrogens is 3. The molecule has 1 aromatic carbocycles. The molecule has 0 saturated heterocycles. The van der Waals surface area contributed by atoms with Crippen molar-refractivity contribution in [1.82, 2.24) is 19.9 Å². The van der Waals surface area contributed by atoms with Gasteiger partial charge in [0.25, 0.3) is 0 Å². The zero-order valence-electron chi connectivity index (χ0n) is 13.0. The third-order valence-corrected chi connectivity index (χ3v) is 4.07. The standard InChI is InChI=1S/C16H21FN4O/c1-3-21-16-13(11-22-2)9-20(10-15(16)18-19-21)8-12-4-6-14(17)7-5-12/h4-7,13H,3,8-11H2,1-2H3/t13-/m1/s1. The molecule has 1 atom stereocenters. The maximum Gasteiger partial charge on any atom is 0.123 e. The number of hydrogen-bond acceptors (Lipinski definition) is 4. The summed E-state index contributed by atoms with van der Waals surface area (Å²) in [5, 5.41) is 8.56. The summed E-state index contributed by atoms with van der Waals surface area (Å²) in [4.78, 5) is 2.31. The molecule has 0 spiro atoms. The van der Waals surface area contributed by atoms with Crippen LogP contribution in [0.15, 0.2) is 24.3 Å². The smallest absolute Gasteiger partial charge is 0.123 e. The number of halogens is 1. The van der Waals surface area contributed by atoms with Gasteiger partial charge in [0.1, 0.15) is 11.5 Å². The predicted molar refractivity (Wildman–Crippen MR) is 80.8 cm³/mol. The number of rotatable bonds is 5. The van der Waals surface area contributed by atoms with Crippen molar-refractivity contribution in [3.05, 3.63) is 47.0 Å². The van der Waals surface area contributed by atoms with Crippen LogP contribution in [0, 0.1) is 5.82 Å². The molecule has 1 aromatic heterocycles. The van der Waals surface area contributed by atoms with Crippen molar-refractivity contribution in [2.45, 2.75) is 32.5 Å². The lowest BCUT2D eigenvalue weighted by molar-refractivity contribution is 0.131. The average molecular weight is 304 g/mol. The molecule has 2 heterocycles. The highest BCUT2D eigenvalue weighted by molar-refractivity contribution is 5.21. The Hall–Kier alpha value is -1.79. The second-order valence-electron chi connectivity index (χ2n) is 5.69. The van der Waals surface area contributed by atoms with E-state index in [1.54, 1.807) is 7.11 Å². The van der Waals surface area contributed by atoms with E-state index in [4.69, 9.17) is 4.74 Å². The molecule has 0 unspecified atom stereocenters. The zero-order valence-corrected chi connectivity index (χ0v) is 13.0. The topological polar surface area (TPSA) is 43.2 Å². The second kappa shape index (κ2) is 6.54. The Balaban J connectivity index is 1.79. The zero-order chi connectivity index (χ0) is 15.5. The van der Waals surface area contributed by atoms with Gasteiger partial charge in [0.2, 0.25) is 0 Å². The van der Waals surface area contributed by atoms with Gasteiger partial charge in [0, 0.05) is 39.2 Å². The molecule has 0 bridgehead atoms. The van der Waals surface area contributed by atoms with Gasteiger partial charge in [0.15, 0.2) is 0 Å². The van der Waals surface area contributed by atoms with E-state index in [9.17, 15) is 4.39 Å². The van der Waals surface area contributed by atoms with Crippen LogP contribution >= 0.6 is 0 Å². The number of fused-ring (bicyclic) bond motifs is 1. The summed E-state index contributed by atoms with van der Waals surface area (Å²) in [5.41, 5.74) is 3.32. The van der Waals surface area contributed by atoms with Gasteiger partial charge in [-0.05, 0) is 24.6 Å². The van der Waals surface area contributed by atoms with Crippen LogP contribution in [0.4, 0.5) is 4.39 Å². The molecule has 118 valence electrons. The molecule has 22 heavy (non-hydrogen) atoms. The fourth-order valence-corrected chi connectivity index (χ4v) is 3.12. The summed E-state index contributed by atoms with van der Waals surface area (Å²) in [7, 11) is 1.72. The van der Waals surface area contributed by atoms with Gasteiger partial charge in [-0.2, -0.15) is 0 Å². The fourth-order valence-electron chi connectivity index (χ4n) is 3.12. The lowest BCUT2D eigenvalue weighted by atomic mass is 9.98. The Morgan fingerprint density at radius 2 is 2.09 bits per heavy atom. The van der Waals surface area contributed by atoms with Gasteiger partial charge >= 0.3 is 0 Å². The van der Waals surface area contributed by atoms with Crippen LogP contribution in [0.1, 0.15) is 29.8 Å². The Bertz CT molecular complexity index is 626. The van der Waals surface area contributed by atoms with Gasteiger partial charge in [0.05, 0.1) is 12.3 Å². The van der Waals surface area contributed by atoms with Crippen molar-refractivity contribution in [3.63, 3.8) is 0 Å². The Kier molecular flexibility index (Phi) is 4.49. The van der Waals surface area contributed by atoms with E-state index in [2.05, 4.69) is 22.1 Å². The van der Waals surface area contributed by atoms with Gasteiger partial charge in [-0.25, -0.2) is 9.07 Å². The van der Waals surface area contributed by atoms with E-state index in [1.165, 1.54) is 17.8 Å². The van der Waals surface area contributed by atoms with Crippen LogP contribution in [0.3, 0.4) is 0 Å². The largest absolute Gasteiger partial charge is 0.384 e. The summed E-state index contributed by atoms with van der Waals surface area (Å²) in [5.74, 6) is 0.0666. The van der Waals surface area contributed by atoms with Crippen molar-refractivity contribution in [1.29, 1.82) is 0 Å². The van der Waals surface area contributed by atoms with E-state index < -0.39 is 0 Å². The minimum Gasteiger partial charge on any atom is -0.384 e. The minimum absolute atomic E-state index is 0.201. The highest BCUT2D eigenvalue weighted by atomic mass is 19.1. The molecular weight excluding hydrogens is 283 g/mol. The third-order valence-electron chi connectivity index (χ3n) is 4.07. The summed E-state index contributed by atoms with van der Waals surface area (Å²) >= 11 is 0. The van der Waals surface area contributed by atoms with Crippen molar-refractivity contribution < 1.29 is 9.13 Å². The van der Waals surface area contributed by atoms with Crippen LogP contribution in [0.5, 0.6) is 0 Å². The van der Waals surface area contributed by atoms with E-state index in [0.29, 0.717) is 6.61 Å². The summed E-state index contributed by atoms with van der Waals surface area (Å²) in [6, 6.07) is 6.67. The van der Waals surface area contributed by atoms with E-state index >= 15 is 0 Å². The molecule has 0 radical (unpaired) electrons. The summed E-state index contributed by atoms with van der Waals surface area (Å²) in [6.45, 7) is 5.99. The van der Waals surface area contributed by atoms with Crippen molar-refractivity contribution >= 4 is 0 Å². The number of aryl methyl sites for hydroxylation is 1. The first-order chi connectivity index (χ1) is 10.7. The number of hydrogen-bond donors (Lipinski definition) is 0. The van der Waals surface area contributed by atoms with Crippen molar-refractivity contribution in [2.24, 2.45) is 0 Å². The second-order valence-corrected chi connectivity index (χ2v) is 5.69. The lowest BCUT2D eigenvalue weighted by Gasteiger charge is -2.32. The molecule has 1 aliphatic heterocycles. The molecule has 0 aliphatic carbocycles. The first kappa shape index (κ1) is 15.1. The molecule has 2 aromatic rings. The van der Waals surface area contributed by atoms with Gasteiger partial charge in [-0.15, -0.1) is 5.10 Å². The highest BCUT2D eigenvalue weighted by Gasteiger charge is 2.30. The van der Waals surface area contributed by atoms with Crippen LogP contribution in [0.25, 0.3) is 0 Å². The number of nitrogens with zero attached hydrogens (tertiary/aromatic N) is 4. The average Bonchev–Trinajstić information content (AvgIpc) is 2.93. The Labute approximate surface area is 129 Å². The minimum atomic E-state index is -0.201. The van der Waals surface area contributed by atoms with Crippen LogP contribution in [-0.2, 0) is 24.4 Å². The summed E-state index contributed by atoms with van der Waals surface area (Å²) < 4.78 is 20.4. The quantitative estimate of drug-likeness (QED) is 0.849. The van der Waals surface area contributed by atoms with Gasteiger partial charge < -0.3 is 4.74 Å². The maximum absolute atomic E-state index is 13.0. The van der Waals surface area contributed by atoms with Crippen LogP contribution in [-0.4, -0.2) is 40.2 Å². The normalized spacial score (nSPS) is 18.4. The molecule has 0 amide bonds. The van der Waals surface area contributed by atoms with Crippen LogP contribution in [0.2, 0.25) is 0 Å². The third kappa shape index (κ3) is 3.03. The molecule has 0 fully saturated rings. The van der Waals surface area contributed by atoms with Crippen LogP contribution < -0.4 is 0 Å². The van der Waals surface area contributed by atoms with Gasteiger partial charge in [-0.3, -0.25) is 4.90 Å². The molecule has 0 N–H and O–H groups in total. The molecule has 3 rings (SSSR count). The fraction of sp³-hybridized carbons (Fsp3) is 0.500. The first-order valence-electron chi connectivity index (χ1n) is 7.59. The van der Waals surface area contributed by atoms with Crippen molar-refractivity contribution in [3.8, 4) is 0 Å². The first-order valence-corrected chi connectivity index (χ1v) is 7.59. The number of methoxy groups -OCH3 is 1. The molecule has 6 heteroatoms. The van der Waals surface area contributed by atoms with Crippen molar-refractivity contribution in [2.75, 3.05) is 20.3 Å². The summed E-state index contributed by atoms with van der Waals surface area (Å²) in [6.07, 6.45) is 0. The molecule has 5 nitrogen and oxygen atoms in total. The predicted octanol–water partition coefficient (Wildman–Crippen LogP) is 2.18. The molecule has 1 aliphatic rings. The number of benzene rings is 1. The highest BCUT2D eigenvalue weighted by Crippen LogP contribution is 2.28. The Morgan fingerprint density at radius 1 is 1.32 bits per heavy atom. The lowest BCUT2D eigenvalue weighted by Crippen LogP contribution is -2.36. The Morgan fingerprint density at radius 3 is 2.77 bits per heavy atom. The molecule has 0 saturated carbocycles. The van der Waals surface area contributed by atoms with E-state index in [-0.39, 0.29) is 11.7 Å². The maximum atomic E-state index is 13.0. The van der Waals surface area contributed by atoms with Gasteiger partial charge in [-0.1, -0.05) is 17.3 Å².